The number of hydrogen-bond donors (Lipinski definition) is 1. The number of benzene rings is 3. The minimum absolute atomic E-state index is 0.186. The Hall–Kier alpha value is -3.73. The number of anilines is 1. The van der Waals surface area contributed by atoms with Gasteiger partial charge in [-0.2, -0.15) is 0 Å². The van der Waals surface area contributed by atoms with Crippen LogP contribution in [-0.2, 0) is 16.0 Å². The minimum Gasteiger partial charge on any atom is -0.451 e. The molecule has 3 rings (SSSR count). The second kappa shape index (κ2) is 9.46. The van der Waals surface area contributed by atoms with Gasteiger partial charge in [0.05, 0.1) is 12.0 Å². The molecule has 5 nitrogen and oxygen atoms in total. The third-order valence-corrected chi connectivity index (χ3v) is 4.30. The Morgan fingerprint density at radius 2 is 1.45 bits per heavy atom. The molecule has 0 aliphatic carbocycles. The molecule has 0 aromatic heterocycles. The zero-order chi connectivity index (χ0) is 20.6. The van der Waals surface area contributed by atoms with E-state index < -0.39 is 12.1 Å². The van der Waals surface area contributed by atoms with E-state index in [4.69, 9.17) is 4.74 Å². The molecule has 0 aliphatic heterocycles. The highest BCUT2D eigenvalue weighted by Gasteiger charge is 2.20. The molecule has 5 heteroatoms. The molecule has 1 atom stereocenters. The van der Waals surface area contributed by atoms with E-state index in [1.54, 1.807) is 49.4 Å². The van der Waals surface area contributed by atoms with Gasteiger partial charge in [-0.15, -0.1) is 0 Å². The highest BCUT2D eigenvalue weighted by Crippen LogP contribution is 2.15. The van der Waals surface area contributed by atoms with Crippen molar-refractivity contribution in [1.29, 1.82) is 0 Å². The predicted octanol–water partition coefficient (Wildman–Crippen LogP) is 4.30. The number of amides is 1. The summed E-state index contributed by atoms with van der Waals surface area (Å²) in [6, 6.07) is 24.5. The Balaban J connectivity index is 1.61. The highest BCUT2D eigenvalue weighted by atomic mass is 16.5. The van der Waals surface area contributed by atoms with Gasteiger partial charge < -0.3 is 10.1 Å². The summed E-state index contributed by atoms with van der Waals surface area (Å²) in [4.78, 5) is 37.0. The van der Waals surface area contributed by atoms with Crippen LogP contribution in [0, 0.1) is 0 Å². The maximum absolute atomic E-state index is 12.4. The molecule has 0 unspecified atom stereocenters. The van der Waals surface area contributed by atoms with E-state index in [1.807, 2.05) is 36.4 Å². The van der Waals surface area contributed by atoms with Crippen LogP contribution in [-0.4, -0.2) is 23.8 Å². The standard InChI is InChI=1S/C24H21NO4/c1-17(23(27)19-11-6-3-7-12-19)29-24(28)20-13-8-14-21(16-20)25-22(26)15-18-9-4-2-5-10-18/h2-14,16-17H,15H2,1H3,(H,25,26)/t17-/m1/s1. The van der Waals surface area contributed by atoms with Crippen LogP contribution >= 0.6 is 0 Å². The van der Waals surface area contributed by atoms with Crippen molar-refractivity contribution in [1.82, 2.24) is 0 Å². The van der Waals surface area contributed by atoms with E-state index in [0.717, 1.165) is 5.56 Å². The summed E-state index contributed by atoms with van der Waals surface area (Å²) in [6.07, 6.45) is -0.681. The second-order valence-electron chi connectivity index (χ2n) is 6.57. The molecule has 0 heterocycles. The molecule has 0 aliphatic rings. The Bertz CT molecular complexity index is 1000. The third-order valence-electron chi connectivity index (χ3n) is 4.30. The predicted molar refractivity (Wildman–Crippen MR) is 111 cm³/mol. The van der Waals surface area contributed by atoms with Crippen LogP contribution in [0.15, 0.2) is 84.9 Å². The van der Waals surface area contributed by atoms with Crippen LogP contribution in [0.3, 0.4) is 0 Å². The van der Waals surface area contributed by atoms with Crippen LogP contribution < -0.4 is 5.32 Å². The first-order valence-corrected chi connectivity index (χ1v) is 9.27. The van der Waals surface area contributed by atoms with E-state index in [2.05, 4.69) is 5.32 Å². The molecule has 0 fully saturated rings. The molecule has 0 saturated carbocycles. The highest BCUT2D eigenvalue weighted by molar-refractivity contribution is 6.01. The van der Waals surface area contributed by atoms with E-state index in [1.165, 1.54) is 6.07 Å². The molecule has 3 aromatic rings. The van der Waals surface area contributed by atoms with E-state index in [-0.39, 0.29) is 23.7 Å². The van der Waals surface area contributed by atoms with Crippen LogP contribution in [0.2, 0.25) is 0 Å². The van der Waals surface area contributed by atoms with Crippen molar-refractivity contribution in [3.63, 3.8) is 0 Å². The fourth-order valence-electron chi connectivity index (χ4n) is 2.83. The lowest BCUT2D eigenvalue weighted by Crippen LogP contribution is -2.24. The number of ketones is 1. The van der Waals surface area contributed by atoms with E-state index in [0.29, 0.717) is 11.3 Å². The summed E-state index contributed by atoms with van der Waals surface area (Å²) in [5.74, 6) is -1.08. The number of carbonyl (C=O) groups is 3. The summed E-state index contributed by atoms with van der Waals surface area (Å²) < 4.78 is 5.31. The molecule has 0 bridgehead atoms. The van der Waals surface area contributed by atoms with E-state index in [9.17, 15) is 14.4 Å². The van der Waals surface area contributed by atoms with Crippen molar-refractivity contribution < 1.29 is 19.1 Å². The van der Waals surface area contributed by atoms with Crippen LogP contribution in [0.1, 0.15) is 33.2 Å². The zero-order valence-electron chi connectivity index (χ0n) is 16.0. The van der Waals surface area contributed by atoms with Gasteiger partial charge in [0, 0.05) is 11.3 Å². The van der Waals surface area contributed by atoms with Gasteiger partial charge in [-0.3, -0.25) is 9.59 Å². The van der Waals surface area contributed by atoms with Crippen molar-refractivity contribution in [2.75, 3.05) is 5.32 Å². The van der Waals surface area contributed by atoms with Crippen LogP contribution in [0.25, 0.3) is 0 Å². The average Bonchev–Trinajstić information content (AvgIpc) is 2.74. The molecule has 0 radical (unpaired) electrons. The van der Waals surface area contributed by atoms with Gasteiger partial charge in [0.1, 0.15) is 0 Å². The molecular weight excluding hydrogens is 366 g/mol. The lowest BCUT2D eigenvalue weighted by molar-refractivity contribution is -0.115. The van der Waals surface area contributed by atoms with Gasteiger partial charge in [0.15, 0.2) is 6.10 Å². The molecular formula is C24H21NO4. The largest absolute Gasteiger partial charge is 0.451 e. The van der Waals surface area contributed by atoms with Gasteiger partial charge in [-0.05, 0) is 30.7 Å². The van der Waals surface area contributed by atoms with Crippen LogP contribution in [0.4, 0.5) is 5.69 Å². The molecule has 3 aromatic carbocycles. The molecule has 1 amide bonds. The van der Waals surface area contributed by atoms with Gasteiger partial charge in [0.25, 0.3) is 0 Å². The summed E-state index contributed by atoms with van der Waals surface area (Å²) in [5.41, 5.74) is 2.13. The van der Waals surface area contributed by atoms with Crippen molar-refractivity contribution in [3.05, 3.63) is 102 Å². The number of rotatable bonds is 7. The first kappa shape index (κ1) is 20.0. The number of esters is 1. The van der Waals surface area contributed by atoms with Crippen molar-refractivity contribution in [2.45, 2.75) is 19.4 Å². The van der Waals surface area contributed by atoms with Gasteiger partial charge in [-0.25, -0.2) is 4.79 Å². The number of carbonyl (C=O) groups excluding carboxylic acids is 3. The minimum atomic E-state index is -0.916. The zero-order valence-corrected chi connectivity index (χ0v) is 16.0. The topological polar surface area (TPSA) is 72.5 Å². The SMILES string of the molecule is C[C@@H](OC(=O)c1cccc(NC(=O)Cc2ccccc2)c1)C(=O)c1ccccc1. The lowest BCUT2D eigenvalue weighted by Gasteiger charge is -2.13. The smallest absolute Gasteiger partial charge is 0.338 e. The molecule has 29 heavy (non-hydrogen) atoms. The number of Topliss-reactive ketones (excluding diaryl/α,β-unsaturated/α-hetero) is 1. The first-order chi connectivity index (χ1) is 14.0. The summed E-state index contributed by atoms with van der Waals surface area (Å²) >= 11 is 0. The van der Waals surface area contributed by atoms with Crippen molar-refractivity contribution in [2.24, 2.45) is 0 Å². The van der Waals surface area contributed by atoms with Gasteiger partial charge in [-0.1, -0.05) is 66.7 Å². The maximum atomic E-state index is 12.4. The van der Waals surface area contributed by atoms with Crippen LogP contribution in [0.5, 0.6) is 0 Å². The Morgan fingerprint density at radius 3 is 2.14 bits per heavy atom. The lowest BCUT2D eigenvalue weighted by atomic mass is 10.1. The van der Waals surface area contributed by atoms with Crippen molar-refractivity contribution >= 4 is 23.3 Å². The maximum Gasteiger partial charge on any atom is 0.338 e. The normalized spacial score (nSPS) is 11.3. The molecule has 0 saturated heterocycles. The quantitative estimate of drug-likeness (QED) is 0.485. The first-order valence-electron chi connectivity index (χ1n) is 9.27. The number of nitrogens with one attached hydrogen (secondary N) is 1. The van der Waals surface area contributed by atoms with Gasteiger partial charge in [0.2, 0.25) is 11.7 Å². The fraction of sp³-hybridized carbons (Fsp3) is 0.125. The Labute approximate surface area is 169 Å². The fourth-order valence-corrected chi connectivity index (χ4v) is 2.83. The summed E-state index contributed by atoms with van der Waals surface area (Å²) in [5, 5.41) is 2.77. The average molecular weight is 387 g/mol. The number of hydrogen-bond acceptors (Lipinski definition) is 4. The Morgan fingerprint density at radius 1 is 0.828 bits per heavy atom. The van der Waals surface area contributed by atoms with Gasteiger partial charge >= 0.3 is 5.97 Å². The third kappa shape index (κ3) is 5.62. The Kier molecular flexibility index (Phi) is 6.53. The summed E-state index contributed by atoms with van der Waals surface area (Å²) in [7, 11) is 0. The molecule has 1 N–H and O–H groups in total. The monoisotopic (exact) mass is 387 g/mol. The summed E-state index contributed by atoms with van der Waals surface area (Å²) in [6.45, 7) is 1.54. The molecule has 0 spiro atoms. The van der Waals surface area contributed by atoms with Crippen molar-refractivity contribution in [3.8, 4) is 0 Å². The second-order valence-corrected chi connectivity index (χ2v) is 6.57. The van der Waals surface area contributed by atoms with E-state index >= 15 is 0 Å². The number of ether oxygens (including phenoxy) is 1. The molecule has 146 valence electrons.